The number of aryl methyl sites for hydroxylation is 1. The summed E-state index contributed by atoms with van der Waals surface area (Å²) in [5, 5.41) is 4.49. The van der Waals surface area contributed by atoms with Crippen molar-refractivity contribution in [1.29, 1.82) is 0 Å². The number of carbonyl (C=O) groups excluding carboxylic acids is 1. The Bertz CT molecular complexity index is 496. The summed E-state index contributed by atoms with van der Waals surface area (Å²) in [5.41, 5.74) is 0.963. The van der Waals surface area contributed by atoms with Crippen LogP contribution in [0.1, 0.15) is 56.0 Å². The van der Waals surface area contributed by atoms with Crippen LogP contribution in [0.4, 0.5) is 5.13 Å². The van der Waals surface area contributed by atoms with E-state index in [-0.39, 0.29) is 11.9 Å². The van der Waals surface area contributed by atoms with Crippen molar-refractivity contribution >= 4 is 22.4 Å². The van der Waals surface area contributed by atoms with Crippen molar-refractivity contribution in [3.8, 4) is 0 Å². The summed E-state index contributed by atoms with van der Waals surface area (Å²) >= 11 is 1.72. The zero-order chi connectivity index (χ0) is 14.1. The normalized spacial score (nSPS) is 23.0. The second-order valence-corrected chi connectivity index (χ2v) is 6.88. The molecule has 0 aromatic carbocycles. The van der Waals surface area contributed by atoms with E-state index in [9.17, 15) is 4.79 Å². The van der Waals surface area contributed by atoms with E-state index in [1.165, 1.54) is 17.7 Å². The number of nitrogens with zero attached hydrogens (tertiary/aromatic N) is 1. The summed E-state index contributed by atoms with van der Waals surface area (Å²) in [6.45, 7) is 4.52. The molecule has 110 valence electrons. The second kappa shape index (κ2) is 5.72. The number of ether oxygens (including phenoxy) is 1. The standard InChI is InChI=1S/C15H22N2O2S/c1-3-19-14(18)11-5-4-6-12-13(11)17-15(20-12)16-9(2)10-7-8-10/h9-11H,3-8H2,1-2H3,(H,16,17). The minimum Gasteiger partial charge on any atom is -0.465 e. The number of carbonyl (C=O) groups is 1. The average molecular weight is 294 g/mol. The van der Waals surface area contributed by atoms with Gasteiger partial charge in [0.1, 0.15) is 5.92 Å². The van der Waals surface area contributed by atoms with Gasteiger partial charge in [-0.15, -0.1) is 11.3 Å². The molecule has 0 aliphatic heterocycles. The van der Waals surface area contributed by atoms with Crippen LogP contribution in [-0.2, 0) is 16.0 Å². The van der Waals surface area contributed by atoms with Crippen molar-refractivity contribution in [2.75, 3.05) is 11.9 Å². The topological polar surface area (TPSA) is 51.2 Å². The SMILES string of the molecule is CCOC(=O)C1CCCc2sc(NC(C)C3CC3)nc21. The van der Waals surface area contributed by atoms with E-state index in [0.29, 0.717) is 12.6 Å². The Balaban J connectivity index is 1.75. The average Bonchev–Trinajstić information content (AvgIpc) is 3.19. The van der Waals surface area contributed by atoms with Crippen molar-refractivity contribution in [2.24, 2.45) is 5.92 Å². The molecule has 1 heterocycles. The van der Waals surface area contributed by atoms with Gasteiger partial charge in [0.2, 0.25) is 0 Å². The van der Waals surface area contributed by atoms with Crippen LogP contribution in [0.3, 0.4) is 0 Å². The molecule has 0 bridgehead atoms. The van der Waals surface area contributed by atoms with Crippen molar-refractivity contribution in [3.63, 3.8) is 0 Å². The fourth-order valence-electron chi connectivity index (χ4n) is 2.86. The number of esters is 1. The predicted octanol–water partition coefficient (Wildman–Crippen LogP) is 3.34. The highest BCUT2D eigenvalue weighted by atomic mass is 32.1. The lowest BCUT2D eigenvalue weighted by Crippen LogP contribution is -2.21. The fraction of sp³-hybridized carbons (Fsp3) is 0.733. The molecule has 3 rings (SSSR count). The van der Waals surface area contributed by atoms with E-state index in [2.05, 4.69) is 12.2 Å². The van der Waals surface area contributed by atoms with Crippen LogP contribution >= 0.6 is 11.3 Å². The van der Waals surface area contributed by atoms with Gasteiger partial charge in [0.15, 0.2) is 5.13 Å². The molecule has 2 aliphatic rings. The lowest BCUT2D eigenvalue weighted by Gasteiger charge is -2.19. The number of hydrogen-bond acceptors (Lipinski definition) is 5. The van der Waals surface area contributed by atoms with Crippen molar-refractivity contribution in [1.82, 2.24) is 4.98 Å². The monoisotopic (exact) mass is 294 g/mol. The molecule has 1 aromatic heterocycles. The van der Waals surface area contributed by atoms with Gasteiger partial charge in [-0.1, -0.05) is 0 Å². The number of nitrogens with one attached hydrogen (secondary N) is 1. The van der Waals surface area contributed by atoms with Gasteiger partial charge in [0.25, 0.3) is 0 Å². The number of rotatable bonds is 5. The molecule has 0 amide bonds. The van der Waals surface area contributed by atoms with Crippen LogP contribution in [0.15, 0.2) is 0 Å². The summed E-state index contributed by atoms with van der Waals surface area (Å²) in [4.78, 5) is 18.0. The molecule has 2 unspecified atom stereocenters. The van der Waals surface area contributed by atoms with E-state index >= 15 is 0 Å². The first-order valence-electron chi connectivity index (χ1n) is 7.61. The maximum atomic E-state index is 12.0. The first-order chi connectivity index (χ1) is 9.69. The highest BCUT2D eigenvalue weighted by molar-refractivity contribution is 7.15. The Morgan fingerprint density at radius 3 is 3.00 bits per heavy atom. The molecule has 1 N–H and O–H groups in total. The molecule has 2 aliphatic carbocycles. The van der Waals surface area contributed by atoms with Crippen LogP contribution in [0.2, 0.25) is 0 Å². The molecule has 4 nitrogen and oxygen atoms in total. The Labute approximate surface area is 123 Å². The zero-order valence-electron chi connectivity index (χ0n) is 12.1. The van der Waals surface area contributed by atoms with E-state index < -0.39 is 0 Å². The largest absolute Gasteiger partial charge is 0.465 e. The summed E-state index contributed by atoms with van der Waals surface area (Å²) in [7, 11) is 0. The van der Waals surface area contributed by atoms with Crippen LogP contribution < -0.4 is 5.32 Å². The predicted molar refractivity (Wildman–Crippen MR) is 80.2 cm³/mol. The third kappa shape index (κ3) is 2.82. The van der Waals surface area contributed by atoms with Gasteiger partial charge in [0.05, 0.1) is 12.3 Å². The Hall–Kier alpha value is -1.10. The molecule has 1 aromatic rings. The lowest BCUT2D eigenvalue weighted by atomic mass is 9.91. The van der Waals surface area contributed by atoms with Gasteiger partial charge in [-0.2, -0.15) is 0 Å². The molecule has 1 saturated carbocycles. The van der Waals surface area contributed by atoms with Crippen LogP contribution in [0, 0.1) is 5.92 Å². The minimum atomic E-state index is -0.151. The van der Waals surface area contributed by atoms with E-state index in [1.54, 1.807) is 11.3 Å². The van der Waals surface area contributed by atoms with Crippen molar-refractivity contribution in [3.05, 3.63) is 10.6 Å². The van der Waals surface area contributed by atoms with Gasteiger partial charge >= 0.3 is 5.97 Å². The number of hydrogen-bond donors (Lipinski definition) is 1. The maximum absolute atomic E-state index is 12.0. The first-order valence-corrected chi connectivity index (χ1v) is 8.43. The fourth-order valence-corrected chi connectivity index (χ4v) is 4.02. The van der Waals surface area contributed by atoms with Crippen LogP contribution in [0.25, 0.3) is 0 Å². The quantitative estimate of drug-likeness (QED) is 0.846. The number of aromatic nitrogens is 1. The third-order valence-corrected chi connectivity index (χ3v) is 5.27. The summed E-state index contributed by atoms with van der Waals surface area (Å²) in [6.07, 6.45) is 5.61. The highest BCUT2D eigenvalue weighted by Gasteiger charge is 2.33. The smallest absolute Gasteiger partial charge is 0.315 e. The summed E-state index contributed by atoms with van der Waals surface area (Å²) < 4.78 is 5.18. The molecule has 1 fully saturated rings. The van der Waals surface area contributed by atoms with E-state index in [1.807, 2.05) is 6.92 Å². The van der Waals surface area contributed by atoms with E-state index in [4.69, 9.17) is 9.72 Å². The lowest BCUT2D eigenvalue weighted by molar-refractivity contribution is -0.145. The zero-order valence-corrected chi connectivity index (χ0v) is 13.0. The minimum absolute atomic E-state index is 0.111. The number of fused-ring (bicyclic) bond motifs is 1. The van der Waals surface area contributed by atoms with Crippen molar-refractivity contribution in [2.45, 2.75) is 57.9 Å². The van der Waals surface area contributed by atoms with Gasteiger partial charge < -0.3 is 10.1 Å². The molecular formula is C15H22N2O2S. The summed E-state index contributed by atoms with van der Waals surface area (Å²) in [6, 6.07) is 0.489. The third-order valence-electron chi connectivity index (χ3n) is 4.21. The molecular weight excluding hydrogens is 272 g/mol. The van der Waals surface area contributed by atoms with Crippen LogP contribution in [-0.4, -0.2) is 23.6 Å². The number of anilines is 1. The van der Waals surface area contributed by atoms with Gasteiger partial charge in [0, 0.05) is 10.9 Å². The number of thiazole rings is 1. The molecule has 5 heteroatoms. The van der Waals surface area contributed by atoms with Gasteiger partial charge in [-0.3, -0.25) is 4.79 Å². The molecule has 20 heavy (non-hydrogen) atoms. The molecule has 2 atom stereocenters. The second-order valence-electron chi connectivity index (χ2n) is 5.79. The Morgan fingerprint density at radius 2 is 2.30 bits per heavy atom. The Kier molecular flexibility index (Phi) is 3.96. The van der Waals surface area contributed by atoms with E-state index in [0.717, 1.165) is 36.0 Å². The first kappa shape index (κ1) is 13.9. The molecule has 0 spiro atoms. The van der Waals surface area contributed by atoms with Crippen molar-refractivity contribution < 1.29 is 9.53 Å². The van der Waals surface area contributed by atoms with Crippen LogP contribution in [0.5, 0.6) is 0 Å². The molecule has 0 saturated heterocycles. The Morgan fingerprint density at radius 1 is 1.50 bits per heavy atom. The van der Waals surface area contributed by atoms with Gasteiger partial charge in [-0.05, 0) is 51.9 Å². The summed E-state index contributed by atoms with van der Waals surface area (Å²) in [5.74, 6) is 0.541. The maximum Gasteiger partial charge on any atom is 0.315 e. The highest BCUT2D eigenvalue weighted by Crippen LogP contribution is 2.39. The van der Waals surface area contributed by atoms with Gasteiger partial charge in [-0.25, -0.2) is 4.98 Å². The molecule has 0 radical (unpaired) electrons.